The van der Waals surface area contributed by atoms with Gasteiger partial charge in [0.2, 0.25) is 11.1 Å². The van der Waals surface area contributed by atoms with Crippen molar-refractivity contribution in [2.75, 3.05) is 5.75 Å². The van der Waals surface area contributed by atoms with Crippen LogP contribution in [0.2, 0.25) is 0 Å². The van der Waals surface area contributed by atoms with E-state index in [0.717, 1.165) is 18.4 Å². The molecule has 0 spiro atoms. The second-order valence-electron chi connectivity index (χ2n) is 6.83. The summed E-state index contributed by atoms with van der Waals surface area (Å²) < 4.78 is 0. The van der Waals surface area contributed by atoms with Gasteiger partial charge >= 0.3 is 0 Å². The van der Waals surface area contributed by atoms with Crippen LogP contribution in [0.25, 0.3) is 12.2 Å². The molecular weight excluding hydrogens is 344 g/mol. The van der Waals surface area contributed by atoms with Gasteiger partial charge in [-0.15, -0.1) is 5.10 Å². The van der Waals surface area contributed by atoms with Gasteiger partial charge in [0.25, 0.3) is 0 Å². The lowest BCUT2D eigenvalue weighted by atomic mass is 10.0. The number of rotatable bonds is 10. The van der Waals surface area contributed by atoms with E-state index in [1.54, 1.807) is 0 Å². The minimum Gasteiger partial charge on any atom is -0.353 e. The third kappa shape index (κ3) is 7.87. The van der Waals surface area contributed by atoms with Crippen molar-refractivity contribution in [3.8, 4) is 0 Å². The number of aromatic nitrogens is 3. The molecule has 1 unspecified atom stereocenters. The Hall–Kier alpha value is -2.08. The lowest BCUT2D eigenvalue weighted by molar-refractivity contribution is -0.119. The Bertz CT molecular complexity index is 697. The molecule has 0 aliphatic carbocycles. The number of benzene rings is 1. The maximum Gasteiger partial charge on any atom is 0.230 e. The summed E-state index contributed by atoms with van der Waals surface area (Å²) in [7, 11) is 0. The van der Waals surface area contributed by atoms with E-state index in [9.17, 15) is 4.79 Å². The number of carbonyl (C=O) groups excluding carboxylic acids is 1. The molecule has 2 aromatic rings. The van der Waals surface area contributed by atoms with E-state index in [4.69, 9.17) is 0 Å². The van der Waals surface area contributed by atoms with Gasteiger partial charge in [-0.3, -0.25) is 9.89 Å². The highest BCUT2D eigenvalue weighted by Gasteiger charge is 2.10. The fourth-order valence-electron chi connectivity index (χ4n) is 2.49. The molecule has 1 aromatic carbocycles. The second kappa shape index (κ2) is 10.8. The Morgan fingerprint density at radius 1 is 1.19 bits per heavy atom. The van der Waals surface area contributed by atoms with E-state index in [0.29, 0.717) is 22.7 Å². The number of H-pyrrole nitrogens is 1. The van der Waals surface area contributed by atoms with Gasteiger partial charge < -0.3 is 5.32 Å². The Morgan fingerprint density at radius 2 is 1.96 bits per heavy atom. The number of nitrogens with zero attached hydrogens (tertiary/aromatic N) is 2. The van der Waals surface area contributed by atoms with E-state index in [2.05, 4.69) is 41.3 Å². The highest BCUT2D eigenvalue weighted by atomic mass is 32.2. The smallest absolute Gasteiger partial charge is 0.230 e. The van der Waals surface area contributed by atoms with E-state index >= 15 is 0 Å². The zero-order valence-electron chi connectivity index (χ0n) is 15.7. The summed E-state index contributed by atoms with van der Waals surface area (Å²) in [5.41, 5.74) is 1.10. The number of hydrogen-bond acceptors (Lipinski definition) is 4. The number of carbonyl (C=O) groups is 1. The topological polar surface area (TPSA) is 70.7 Å². The Kier molecular flexibility index (Phi) is 8.41. The standard InChI is InChI=1S/C20H28N4OS/c1-15(2)8-7-9-16(3)21-19(25)14-26-20-22-18(23-24-20)13-12-17-10-5-4-6-11-17/h4-6,10-13,15-16H,7-9,14H2,1-3H3,(H,21,25)(H,22,23,24)/b13-12+. The largest absolute Gasteiger partial charge is 0.353 e. The van der Waals surface area contributed by atoms with Crippen LogP contribution in [-0.4, -0.2) is 32.9 Å². The van der Waals surface area contributed by atoms with Crippen molar-refractivity contribution in [3.63, 3.8) is 0 Å². The molecular formula is C20H28N4OS. The summed E-state index contributed by atoms with van der Waals surface area (Å²) >= 11 is 1.34. The van der Waals surface area contributed by atoms with Gasteiger partial charge in [-0.05, 0) is 30.9 Å². The first-order valence-electron chi connectivity index (χ1n) is 9.10. The molecule has 1 amide bonds. The van der Waals surface area contributed by atoms with E-state index in [-0.39, 0.29) is 11.9 Å². The van der Waals surface area contributed by atoms with Crippen LogP contribution in [0.5, 0.6) is 0 Å². The number of aromatic amines is 1. The predicted octanol–water partition coefficient (Wildman–Crippen LogP) is 4.40. The van der Waals surface area contributed by atoms with Crippen LogP contribution in [0, 0.1) is 5.92 Å². The monoisotopic (exact) mass is 372 g/mol. The van der Waals surface area contributed by atoms with E-state index in [1.165, 1.54) is 18.2 Å². The number of thioether (sulfide) groups is 1. The molecule has 2 rings (SSSR count). The molecule has 1 aromatic heterocycles. The van der Waals surface area contributed by atoms with Crippen LogP contribution >= 0.6 is 11.8 Å². The fraction of sp³-hybridized carbons (Fsp3) is 0.450. The van der Waals surface area contributed by atoms with Crippen molar-refractivity contribution >= 4 is 29.8 Å². The van der Waals surface area contributed by atoms with Crippen molar-refractivity contribution in [2.24, 2.45) is 5.92 Å². The van der Waals surface area contributed by atoms with Gasteiger partial charge in [0.05, 0.1) is 5.75 Å². The van der Waals surface area contributed by atoms with Gasteiger partial charge in [0.1, 0.15) is 5.82 Å². The van der Waals surface area contributed by atoms with E-state index < -0.39 is 0 Å². The Labute approximate surface area is 160 Å². The zero-order valence-corrected chi connectivity index (χ0v) is 16.6. The number of nitrogens with one attached hydrogen (secondary N) is 2. The molecule has 0 radical (unpaired) electrons. The lowest BCUT2D eigenvalue weighted by Crippen LogP contribution is -2.33. The first-order valence-corrected chi connectivity index (χ1v) is 10.1. The molecule has 1 heterocycles. The minimum absolute atomic E-state index is 0.0261. The number of amides is 1. The second-order valence-corrected chi connectivity index (χ2v) is 7.77. The van der Waals surface area contributed by atoms with Crippen molar-refractivity contribution in [1.82, 2.24) is 20.5 Å². The van der Waals surface area contributed by atoms with Gasteiger partial charge in [0, 0.05) is 6.04 Å². The summed E-state index contributed by atoms with van der Waals surface area (Å²) in [5.74, 6) is 1.75. The minimum atomic E-state index is 0.0261. The molecule has 2 N–H and O–H groups in total. The van der Waals surface area contributed by atoms with Crippen LogP contribution in [-0.2, 0) is 4.79 Å². The Morgan fingerprint density at radius 3 is 2.69 bits per heavy atom. The third-order valence-corrected chi connectivity index (χ3v) is 4.72. The highest BCUT2D eigenvalue weighted by molar-refractivity contribution is 7.99. The first kappa shape index (κ1) is 20.2. The summed E-state index contributed by atoms with van der Waals surface area (Å²) in [6.45, 7) is 6.50. The molecule has 26 heavy (non-hydrogen) atoms. The van der Waals surface area contributed by atoms with Crippen molar-refractivity contribution in [2.45, 2.75) is 51.2 Å². The quantitative estimate of drug-likeness (QED) is 0.607. The molecule has 5 nitrogen and oxygen atoms in total. The molecule has 1 atom stereocenters. The molecule has 0 aliphatic rings. The van der Waals surface area contributed by atoms with Crippen molar-refractivity contribution < 1.29 is 4.79 Å². The van der Waals surface area contributed by atoms with Crippen molar-refractivity contribution in [1.29, 1.82) is 0 Å². The number of hydrogen-bond donors (Lipinski definition) is 2. The van der Waals surface area contributed by atoms with Crippen LogP contribution in [0.3, 0.4) is 0 Å². The molecule has 140 valence electrons. The maximum absolute atomic E-state index is 12.0. The van der Waals surface area contributed by atoms with Gasteiger partial charge in [-0.2, -0.15) is 0 Å². The molecule has 0 saturated carbocycles. The summed E-state index contributed by atoms with van der Waals surface area (Å²) in [4.78, 5) is 16.4. The zero-order chi connectivity index (χ0) is 18.8. The fourth-order valence-corrected chi connectivity index (χ4v) is 3.10. The van der Waals surface area contributed by atoms with E-state index in [1.807, 2.05) is 42.5 Å². The van der Waals surface area contributed by atoms with Crippen LogP contribution < -0.4 is 5.32 Å². The average Bonchev–Trinajstić information content (AvgIpc) is 3.07. The summed E-state index contributed by atoms with van der Waals surface area (Å²) in [5, 5.41) is 10.6. The van der Waals surface area contributed by atoms with Gasteiger partial charge in [0.15, 0.2) is 0 Å². The normalized spacial score (nSPS) is 12.6. The summed E-state index contributed by atoms with van der Waals surface area (Å²) in [6.07, 6.45) is 7.21. The molecule has 0 fully saturated rings. The maximum atomic E-state index is 12.0. The molecule has 0 aliphatic heterocycles. The Balaban J connectivity index is 1.71. The first-order chi connectivity index (χ1) is 12.5. The third-order valence-electron chi connectivity index (χ3n) is 3.87. The van der Waals surface area contributed by atoms with Gasteiger partial charge in [-0.25, -0.2) is 4.98 Å². The molecule has 0 saturated heterocycles. The lowest BCUT2D eigenvalue weighted by Gasteiger charge is -2.14. The van der Waals surface area contributed by atoms with Crippen molar-refractivity contribution in [3.05, 3.63) is 41.7 Å². The van der Waals surface area contributed by atoms with Gasteiger partial charge in [-0.1, -0.05) is 74.9 Å². The average molecular weight is 373 g/mol. The predicted molar refractivity (Wildman–Crippen MR) is 109 cm³/mol. The van der Waals surface area contributed by atoms with Crippen LogP contribution in [0.4, 0.5) is 0 Å². The van der Waals surface area contributed by atoms with Crippen LogP contribution in [0.15, 0.2) is 35.5 Å². The molecule has 6 heteroatoms. The van der Waals surface area contributed by atoms with Crippen LogP contribution in [0.1, 0.15) is 51.4 Å². The highest BCUT2D eigenvalue weighted by Crippen LogP contribution is 2.14. The SMILES string of the molecule is CC(C)CCCC(C)NC(=O)CSc1n[nH]c(/C=C/c2ccccc2)n1. The summed E-state index contributed by atoms with van der Waals surface area (Å²) in [6, 6.07) is 10.2. The molecule has 0 bridgehead atoms.